The average molecular weight is 363 g/mol. The highest BCUT2D eigenvalue weighted by atomic mass is 19.4. The Balaban J connectivity index is 1.85. The molecule has 0 spiro atoms. The van der Waals surface area contributed by atoms with Gasteiger partial charge in [-0.3, -0.25) is 4.79 Å². The lowest BCUT2D eigenvalue weighted by molar-refractivity contribution is -0.137. The molecular formula is C18H16F3N3O2. The maximum Gasteiger partial charge on any atom is 0.416 e. The van der Waals surface area contributed by atoms with Gasteiger partial charge in [-0.2, -0.15) is 18.3 Å². The van der Waals surface area contributed by atoms with E-state index in [2.05, 4.69) is 10.4 Å². The molecule has 0 aliphatic rings. The van der Waals surface area contributed by atoms with Crippen LogP contribution < -0.4 is 5.32 Å². The van der Waals surface area contributed by atoms with Gasteiger partial charge in [-0.05, 0) is 38.1 Å². The first-order valence-corrected chi connectivity index (χ1v) is 7.82. The van der Waals surface area contributed by atoms with E-state index in [9.17, 15) is 18.0 Å². The highest BCUT2D eigenvalue weighted by Gasteiger charge is 2.30. The van der Waals surface area contributed by atoms with E-state index in [4.69, 9.17) is 4.42 Å². The molecule has 2 aromatic heterocycles. The van der Waals surface area contributed by atoms with Gasteiger partial charge in [-0.25, -0.2) is 4.68 Å². The zero-order valence-corrected chi connectivity index (χ0v) is 14.0. The molecule has 1 amide bonds. The number of rotatable bonds is 4. The van der Waals surface area contributed by atoms with Crippen LogP contribution in [-0.2, 0) is 6.18 Å². The van der Waals surface area contributed by atoms with Gasteiger partial charge in [-0.15, -0.1) is 0 Å². The highest BCUT2D eigenvalue weighted by molar-refractivity contribution is 5.94. The molecule has 3 rings (SSSR count). The van der Waals surface area contributed by atoms with Gasteiger partial charge in [0.25, 0.3) is 5.91 Å². The van der Waals surface area contributed by atoms with Gasteiger partial charge in [0.05, 0.1) is 35.3 Å². The Morgan fingerprint density at radius 3 is 2.73 bits per heavy atom. The van der Waals surface area contributed by atoms with E-state index < -0.39 is 11.7 Å². The lowest BCUT2D eigenvalue weighted by Crippen LogP contribution is -2.26. The number of carbonyl (C=O) groups excluding carboxylic acids is 1. The van der Waals surface area contributed by atoms with Crippen LogP contribution in [0.15, 0.2) is 53.5 Å². The fourth-order valence-electron chi connectivity index (χ4n) is 2.67. The number of carbonyl (C=O) groups is 1. The largest absolute Gasteiger partial charge is 0.472 e. The van der Waals surface area contributed by atoms with Gasteiger partial charge in [0, 0.05) is 11.3 Å². The second kappa shape index (κ2) is 6.70. The summed E-state index contributed by atoms with van der Waals surface area (Å²) in [5, 5.41) is 6.99. The maximum absolute atomic E-state index is 12.9. The molecule has 0 aliphatic carbocycles. The SMILES string of the molecule is Cc1c([C@@H](C)NC(=O)c2ccoc2)cnn1-c1cccc(C(F)(F)F)c1. The zero-order chi connectivity index (χ0) is 18.9. The molecule has 3 aromatic rings. The molecule has 1 N–H and O–H groups in total. The van der Waals surface area contributed by atoms with Crippen LogP contribution in [0, 0.1) is 6.92 Å². The standard InChI is InChI=1S/C18H16F3N3O2/c1-11(23-17(25)13-6-7-26-10-13)16-9-22-24(12(16)2)15-5-3-4-14(8-15)18(19,20)21/h3-11H,1-2H3,(H,23,25)/t11-/m1/s1. The fourth-order valence-corrected chi connectivity index (χ4v) is 2.67. The van der Waals surface area contributed by atoms with Crippen LogP contribution in [0.1, 0.15) is 40.1 Å². The number of benzene rings is 1. The van der Waals surface area contributed by atoms with Gasteiger partial charge in [-0.1, -0.05) is 6.07 Å². The first kappa shape index (κ1) is 17.8. The topological polar surface area (TPSA) is 60.1 Å². The van der Waals surface area contributed by atoms with Gasteiger partial charge in [0.15, 0.2) is 0 Å². The Morgan fingerprint density at radius 1 is 1.31 bits per heavy atom. The van der Waals surface area contributed by atoms with Crippen molar-refractivity contribution >= 4 is 5.91 Å². The monoisotopic (exact) mass is 363 g/mol. The van der Waals surface area contributed by atoms with E-state index in [1.165, 1.54) is 29.5 Å². The van der Waals surface area contributed by atoms with Crippen LogP contribution in [0.4, 0.5) is 13.2 Å². The molecule has 1 aromatic carbocycles. The van der Waals surface area contributed by atoms with Crippen molar-refractivity contribution in [1.82, 2.24) is 15.1 Å². The molecule has 0 radical (unpaired) electrons. The smallest absolute Gasteiger partial charge is 0.416 e. The number of aromatic nitrogens is 2. The van der Waals surface area contributed by atoms with E-state index in [1.54, 1.807) is 26.0 Å². The molecule has 8 heteroatoms. The zero-order valence-electron chi connectivity index (χ0n) is 14.0. The Kier molecular flexibility index (Phi) is 4.58. The Bertz CT molecular complexity index is 914. The summed E-state index contributed by atoms with van der Waals surface area (Å²) in [6, 6.07) is 6.10. The molecule has 0 saturated carbocycles. The molecule has 1 atom stereocenters. The number of furan rings is 1. The van der Waals surface area contributed by atoms with Crippen molar-refractivity contribution < 1.29 is 22.4 Å². The molecule has 5 nitrogen and oxygen atoms in total. The predicted octanol–water partition coefficient (Wildman–Crippen LogP) is 4.28. The van der Waals surface area contributed by atoms with Gasteiger partial charge >= 0.3 is 6.18 Å². The second-order valence-electron chi connectivity index (χ2n) is 5.85. The lowest BCUT2D eigenvalue weighted by Gasteiger charge is -2.14. The number of hydrogen-bond donors (Lipinski definition) is 1. The molecule has 26 heavy (non-hydrogen) atoms. The van der Waals surface area contributed by atoms with Crippen molar-refractivity contribution in [3.8, 4) is 5.69 Å². The molecule has 0 fully saturated rings. The third kappa shape index (κ3) is 3.49. The van der Waals surface area contributed by atoms with Gasteiger partial charge in [0.2, 0.25) is 0 Å². The summed E-state index contributed by atoms with van der Waals surface area (Å²) in [5.41, 5.74) is 1.30. The molecule has 136 valence electrons. The Morgan fingerprint density at radius 2 is 2.08 bits per heavy atom. The molecule has 0 unspecified atom stereocenters. The van der Waals surface area contributed by atoms with Gasteiger partial charge in [0.1, 0.15) is 6.26 Å². The first-order valence-electron chi connectivity index (χ1n) is 7.82. The van der Waals surface area contributed by atoms with Crippen LogP contribution in [0.3, 0.4) is 0 Å². The summed E-state index contributed by atoms with van der Waals surface area (Å²) in [6.45, 7) is 3.52. The number of halogens is 3. The fraction of sp³-hybridized carbons (Fsp3) is 0.222. The number of nitrogens with one attached hydrogen (secondary N) is 1. The van der Waals surface area contributed by atoms with E-state index in [-0.39, 0.29) is 11.9 Å². The summed E-state index contributed by atoms with van der Waals surface area (Å²) in [4.78, 5) is 12.1. The summed E-state index contributed by atoms with van der Waals surface area (Å²) in [7, 11) is 0. The highest BCUT2D eigenvalue weighted by Crippen LogP contribution is 2.31. The third-order valence-corrected chi connectivity index (χ3v) is 4.06. The quantitative estimate of drug-likeness (QED) is 0.752. The van der Waals surface area contributed by atoms with Crippen LogP contribution in [0.5, 0.6) is 0 Å². The normalized spacial score (nSPS) is 12.8. The van der Waals surface area contributed by atoms with Crippen molar-refractivity contribution in [2.75, 3.05) is 0 Å². The van der Waals surface area contributed by atoms with E-state index in [0.29, 0.717) is 22.5 Å². The Hall–Kier alpha value is -3.03. The van der Waals surface area contributed by atoms with Crippen LogP contribution in [0.25, 0.3) is 5.69 Å². The predicted molar refractivity (Wildman–Crippen MR) is 87.9 cm³/mol. The minimum Gasteiger partial charge on any atom is -0.472 e. The van der Waals surface area contributed by atoms with Crippen LogP contribution in [0.2, 0.25) is 0 Å². The minimum absolute atomic E-state index is 0.303. The third-order valence-electron chi connectivity index (χ3n) is 4.06. The average Bonchev–Trinajstić information content (AvgIpc) is 3.23. The van der Waals surface area contributed by atoms with Crippen molar-refractivity contribution in [3.63, 3.8) is 0 Å². The van der Waals surface area contributed by atoms with E-state index in [1.807, 2.05) is 0 Å². The summed E-state index contributed by atoms with van der Waals surface area (Å²) in [5.74, 6) is -0.308. The molecule has 0 saturated heterocycles. The van der Waals surface area contributed by atoms with Crippen LogP contribution in [-0.4, -0.2) is 15.7 Å². The molecule has 2 heterocycles. The van der Waals surface area contributed by atoms with Crippen molar-refractivity contribution in [3.05, 3.63) is 71.4 Å². The Labute approximate surface area is 147 Å². The number of alkyl halides is 3. The molecular weight excluding hydrogens is 347 g/mol. The maximum atomic E-state index is 12.9. The number of nitrogens with zero attached hydrogens (tertiary/aromatic N) is 2. The summed E-state index contributed by atoms with van der Waals surface area (Å²) in [6.07, 6.45) is -0.154. The molecule has 0 aliphatic heterocycles. The minimum atomic E-state index is -4.42. The molecule has 0 bridgehead atoms. The van der Waals surface area contributed by atoms with Gasteiger partial charge < -0.3 is 9.73 Å². The van der Waals surface area contributed by atoms with E-state index >= 15 is 0 Å². The van der Waals surface area contributed by atoms with Crippen molar-refractivity contribution in [2.45, 2.75) is 26.1 Å². The number of hydrogen-bond acceptors (Lipinski definition) is 3. The van der Waals surface area contributed by atoms with E-state index in [0.717, 1.165) is 12.1 Å². The van der Waals surface area contributed by atoms with Crippen molar-refractivity contribution in [1.29, 1.82) is 0 Å². The lowest BCUT2D eigenvalue weighted by atomic mass is 10.1. The first-order chi connectivity index (χ1) is 12.3. The summed E-state index contributed by atoms with van der Waals surface area (Å²) >= 11 is 0. The van der Waals surface area contributed by atoms with Crippen molar-refractivity contribution in [2.24, 2.45) is 0 Å². The van der Waals surface area contributed by atoms with Crippen LogP contribution >= 0.6 is 0 Å². The summed E-state index contributed by atoms with van der Waals surface area (Å²) < 4.78 is 45.0. The second-order valence-corrected chi connectivity index (χ2v) is 5.85. The number of amides is 1.